The van der Waals surface area contributed by atoms with Gasteiger partial charge in [0.25, 0.3) is 12.4 Å². The van der Waals surface area contributed by atoms with Crippen LogP contribution in [0.15, 0.2) is 24.3 Å². The Bertz CT molecular complexity index is 937. The van der Waals surface area contributed by atoms with Crippen LogP contribution in [-0.2, 0) is 16.0 Å². The summed E-state index contributed by atoms with van der Waals surface area (Å²) in [5, 5.41) is 27.6. The normalized spacial score (nSPS) is 20.8. The number of hydrogen-bond donors (Lipinski definition) is 4. The summed E-state index contributed by atoms with van der Waals surface area (Å²) in [4.78, 5) is 39.1. The Balaban J connectivity index is 0.00000101. The highest BCUT2D eigenvalue weighted by Gasteiger charge is 2.50. The zero-order valence-electron chi connectivity index (χ0n) is 16.1. The number of aryl methyl sites for hydroxylation is 1. The number of aromatic nitrogens is 1. The summed E-state index contributed by atoms with van der Waals surface area (Å²) in [5.74, 6) is -2.07. The highest BCUT2D eigenvalue weighted by atomic mass is 32.1. The van der Waals surface area contributed by atoms with E-state index in [0.29, 0.717) is 16.1 Å². The summed E-state index contributed by atoms with van der Waals surface area (Å²) in [6.45, 7) is 1.45. The lowest BCUT2D eigenvalue weighted by atomic mass is 9.72. The molecule has 1 aromatic heterocycles. The number of amides is 1. The SMILES string of the molecule is Cc1nc(N)sc1C(=O)N1CC[C@H](O)[C@](Cc2cccc(F)c2)(C(=O)O)C1.O=CO. The van der Waals surface area contributed by atoms with Gasteiger partial charge in [-0.25, -0.2) is 9.37 Å². The van der Waals surface area contributed by atoms with Gasteiger partial charge in [-0.2, -0.15) is 0 Å². The molecule has 2 aromatic rings. The molecule has 0 unspecified atom stereocenters. The van der Waals surface area contributed by atoms with Gasteiger partial charge in [-0.1, -0.05) is 23.5 Å². The Morgan fingerprint density at radius 3 is 2.67 bits per heavy atom. The molecule has 1 saturated heterocycles. The molecule has 1 aliphatic heterocycles. The van der Waals surface area contributed by atoms with Gasteiger partial charge in [-0.15, -0.1) is 0 Å². The average molecular weight is 439 g/mol. The van der Waals surface area contributed by atoms with Gasteiger partial charge in [0.2, 0.25) is 0 Å². The smallest absolute Gasteiger partial charge is 0.314 e. The Morgan fingerprint density at radius 1 is 1.47 bits per heavy atom. The largest absolute Gasteiger partial charge is 0.483 e. The van der Waals surface area contributed by atoms with Crippen LogP contribution in [0.2, 0.25) is 0 Å². The van der Waals surface area contributed by atoms with Gasteiger partial charge < -0.3 is 26.0 Å². The van der Waals surface area contributed by atoms with Gasteiger partial charge in [0.1, 0.15) is 16.1 Å². The maximum atomic E-state index is 13.5. The molecule has 2 heterocycles. The van der Waals surface area contributed by atoms with Gasteiger partial charge in [0, 0.05) is 13.1 Å². The predicted octanol–water partition coefficient (Wildman–Crippen LogP) is 1.39. The van der Waals surface area contributed by atoms with Crippen molar-refractivity contribution in [1.82, 2.24) is 9.88 Å². The molecule has 9 nitrogen and oxygen atoms in total. The molecule has 0 spiro atoms. The zero-order chi connectivity index (χ0) is 22.5. The van der Waals surface area contributed by atoms with Gasteiger partial charge in [-0.3, -0.25) is 14.4 Å². The summed E-state index contributed by atoms with van der Waals surface area (Å²) in [6.07, 6.45) is -1.13. The van der Waals surface area contributed by atoms with Gasteiger partial charge >= 0.3 is 5.97 Å². The first-order valence-corrected chi connectivity index (χ1v) is 9.72. The van der Waals surface area contributed by atoms with Gasteiger partial charge in [0.05, 0.1) is 11.8 Å². The molecule has 11 heteroatoms. The van der Waals surface area contributed by atoms with Crippen molar-refractivity contribution in [3.63, 3.8) is 0 Å². The van der Waals surface area contributed by atoms with Crippen LogP contribution in [0.4, 0.5) is 9.52 Å². The second kappa shape index (κ2) is 9.63. The zero-order valence-corrected chi connectivity index (χ0v) is 16.9. The van der Waals surface area contributed by atoms with Gasteiger partial charge in [-0.05, 0) is 37.5 Å². The van der Waals surface area contributed by atoms with E-state index in [-0.39, 0.29) is 43.4 Å². The molecule has 1 aliphatic rings. The van der Waals surface area contributed by atoms with Crippen molar-refractivity contribution >= 4 is 34.8 Å². The third kappa shape index (κ3) is 4.92. The fraction of sp³-hybridized carbons (Fsp3) is 0.368. The molecule has 162 valence electrons. The van der Waals surface area contributed by atoms with Crippen LogP contribution in [0.3, 0.4) is 0 Å². The van der Waals surface area contributed by atoms with E-state index < -0.39 is 23.3 Å². The van der Waals surface area contributed by atoms with Crippen LogP contribution in [-0.4, -0.2) is 62.7 Å². The van der Waals surface area contributed by atoms with E-state index in [1.165, 1.54) is 23.1 Å². The standard InChI is InChI=1S/C18H20FN3O4S.CH2O2/c1-10-14(27-17(20)21-10)15(24)22-6-5-13(23)18(9-22,16(25)26)8-11-3-2-4-12(19)7-11;2-1-3/h2-4,7,13,23H,5-6,8-9H2,1H3,(H2,20,21)(H,25,26);1H,(H,2,3)/t13-,18+;/m0./s1. The molecule has 1 amide bonds. The molecular formula is C19H22FN3O6S. The lowest BCUT2D eigenvalue weighted by molar-refractivity contribution is -0.161. The molecule has 0 bridgehead atoms. The van der Waals surface area contributed by atoms with E-state index >= 15 is 0 Å². The van der Waals surface area contributed by atoms with E-state index in [1.807, 2.05) is 0 Å². The molecule has 0 radical (unpaired) electrons. The fourth-order valence-electron chi connectivity index (χ4n) is 3.48. The van der Waals surface area contributed by atoms with Crippen LogP contribution >= 0.6 is 11.3 Å². The number of aliphatic hydroxyl groups is 1. The molecule has 5 N–H and O–H groups in total. The monoisotopic (exact) mass is 439 g/mol. The van der Waals surface area contributed by atoms with E-state index in [0.717, 1.165) is 11.3 Å². The third-order valence-electron chi connectivity index (χ3n) is 4.91. The number of likely N-dealkylation sites (tertiary alicyclic amines) is 1. The summed E-state index contributed by atoms with van der Waals surface area (Å²) in [7, 11) is 0. The van der Waals surface area contributed by atoms with Crippen molar-refractivity contribution in [2.75, 3.05) is 18.8 Å². The number of halogens is 1. The molecule has 0 aliphatic carbocycles. The first-order chi connectivity index (χ1) is 14.1. The lowest BCUT2D eigenvalue weighted by Gasteiger charge is -2.43. The third-order valence-corrected chi connectivity index (χ3v) is 5.89. The second-order valence-electron chi connectivity index (χ2n) is 6.87. The Kier molecular flexibility index (Phi) is 7.46. The van der Waals surface area contributed by atoms with E-state index in [9.17, 15) is 24.2 Å². The van der Waals surface area contributed by atoms with Crippen LogP contribution in [0.5, 0.6) is 0 Å². The molecule has 1 aromatic carbocycles. The van der Waals surface area contributed by atoms with Gasteiger partial charge in [0.15, 0.2) is 5.13 Å². The molecule has 2 atom stereocenters. The maximum absolute atomic E-state index is 13.5. The first kappa shape index (κ1) is 23.2. The number of hydrogen-bond acceptors (Lipinski definition) is 7. The molecular weight excluding hydrogens is 417 g/mol. The number of nitrogens with two attached hydrogens (primary N) is 1. The maximum Gasteiger partial charge on any atom is 0.314 e. The van der Waals surface area contributed by atoms with Crippen molar-refractivity contribution in [3.8, 4) is 0 Å². The van der Waals surface area contributed by atoms with E-state index in [2.05, 4.69) is 4.98 Å². The topological polar surface area (TPSA) is 154 Å². The summed E-state index contributed by atoms with van der Waals surface area (Å²) in [5.41, 5.74) is 4.97. The molecule has 1 fully saturated rings. The van der Waals surface area contributed by atoms with Crippen molar-refractivity contribution in [2.24, 2.45) is 5.41 Å². The number of carbonyl (C=O) groups is 3. The number of aliphatic hydroxyl groups excluding tert-OH is 1. The number of carboxylic acid groups (broad SMARTS) is 2. The number of piperidine rings is 1. The lowest BCUT2D eigenvalue weighted by Crippen LogP contribution is -2.58. The second-order valence-corrected chi connectivity index (χ2v) is 7.90. The van der Waals surface area contributed by atoms with Crippen LogP contribution in [0.1, 0.15) is 27.3 Å². The van der Waals surface area contributed by atoms with Crippen molar-refractivity contribution in [2.45, 2.75) is 25.9 Å². The highest BCUT2D eigenvalue weighted by molar-refractivity contribution is 7.17. The number of nitrogen functional groups attached to an aromatic ring is 1. The average Bonchev–Trinajstić information content (AvgIpc) is 3.01. The minimum Gasteiger partial charge on any atom is -0.483 e. The Labute approximate surface area is 175 Å². The Morgan fingerprint density at radius 2 is 2.13 bits per heavy atom. The van der Waals surface area contributed by atoms with Crippen molar-refractivity contribution < 1.29 is 34.1 Å². The van der Waals surface area contributed by atoms with E-state index in [1.54, 1.807) is 13.0 Å². The van der Waals surface area contributed by atoms with Crippen molar-refractivity contribution in [1.29, 1.82) is 0 Å². The molecule has 0 saturated carbocycles. The number of thiazole rings is 1. The number of nitrogens with zero attached hydrogens (tertiary/aromatic N) is 2. The fourth-order valence-corrected chi connectivity index (χ4v) is 4.28. The van der Waals surface area contributed by atoms with Crippen LogP contribution in [0.25, 0.3) is 0 Å². The highest BCUT2D eigenvalue weighted by Crippen LogP contribution is 2.36. The Hall–Kier alpha value is -3.05. The van der Waals surface area contributed by atoms with Crippen LogP contribution < -0.4 is 5.73 Å². The van der Waals surface area contributed by atoms with Crippen molar-refractivity contribution in [3.05, 3.63) is 46.2 Å². The summed E-state index contributed by atoms with van der Waals surface area (Å²) < 4.78 is 13.5. The number of aliphatic carboxylic acids is 1. The molecule has 3 rings (SSSR count). The number of benzene rings is 1. The number of rotatable bonds is 4. The number of carbonyl (C=O) groups excluding carboxylic acids is 1. The number of carboxylic acids is 1. The van der Waals surface area contributed by atoms with E-state index in [4.69, 9.17) is 15.6 Å². The summed E-state index contributed by atoms with van der Waals surface area (Å²) >= 11 is 1.05. The van der Waals surface area contributed by atoms with Crippen LogP contribution in [0, 0.1) is 18.2 Å². The number of anilines is 1. The molecule has 30 heavy (non-hydrogen) atoms. The summed E-state index contributed by atoms with van der Waals surface area (Å²) in [6, 6.07) is 5.60. The first-order valence-electron chi connectivity index (χ1n) is 8.90. The minimum atomic E-state index is -1.62. The quantitative estimate of drug-likeness (QED) is 0.521. The minimum absolute atomic E-state index is 0.0884. The predicted molar refractivity (Wildman–Crippen MR) is 107 cm³/mol.